The van der Waals surface area contributed by atoms with Crippen molar-refractivity contribution in [2.45, 2.75) is 47.5 Å². The van der Waals surface area contributed by atoms with Crippen molar-refractivity contribution in [1.29, 1.82) is 0 Å². The SMILES string of the molecule is Cc1cc(-n2c(C)cc(C(=O)NCC(CCO)CC(C)C)c2C)no1. The first-order valence-electron chi connectivity index (χ1n) is 8.85. The van der Waals surface area contributed by atoms with Gasteiger partial charge in [-0.15, -0.1) is 0 Å². The van der Waals surface area contributed by atoms with E-state index in [1.54, 1.807) is 0 Å². The number of amides is 1. The van der Waals surface area contributed by atoms with E-state index in [2.05, 4.69) is 24.3 Å². The molecule has 2 aromatic heterocycles. The van der Waals surface area contributed by atoms with Gasteiger partial charge in [0, 0.05) is 30.6 Å². The zero-order valence-electron chi connectivity index (χ0n) is 15.8. The van der Waals surface area contributed by atoms with Gasteiger partial charge in [-0.2, -0.15) is 0 Å². The van der Waals surface area contributed by atoms with Gasteiger partial charge in [0.25, 0.3) is 5.91 Å². The highest BCUT2D eigenvalue weighted by Crippen LogP contribution is 2.21. The van der Waals surface area contributed by atoms with Gasteiger partial charge in [0.2, 0.25) is 0 Å². The summed E-state index contributed by atoms with van der Waals surface area (Å²) in [6.07, 6.45) is 1.69. The quantitative estimate of drug-likeness (QED) is 0.769. The summed E-state index contributed by atoms with van der Waals surface area (Å²) in [6.45, 7) is 10.7. The number of aromatic nitrogens is 2. The Balaban J connectivity index is 2.12. The molecule has 0 spiro atoms. The molecule has 0 aromatic carbocycles. The van der Waals surface area contributed by atoms with Crippen LogP contribution in [0.25, 0.3) is 5.82 Å². The largest absolute Gasteiger partial charge is 0.396 e. The summed E-state index contributed by atoms with van der Waals surface area (Å²) >= 11 is 0. The van der Waals surface area contributed by atoms with Crippen molar-refractivity contribution in [3.63, 3.8) is 0 Å². The van der Waals surface area contributed by atoms with Gasteiger partial charge in [0.1, 0.15) is 5.76 Å². The predicted octanol–water partition coefficient (Wildman–Crippen LogP) is 3.17. The summed E-state index contributed by atoms with van der Waals surface area (Å²) in [5.41, 5.74) is 2.42. The number of nitrogens with zero attached hydrogens (tertiary/aromatic N) is 2. The van der Waals surface area contributed by atoms with Crippen LogP contribution in [-0.4, -0.2) is 33.9 Å². The van der Waals surface area contributed by atoms with Gasteiger partial charge in [-0.3, -0.25) is 9.36 Å². The Morgan fingerprint density at radius 3 is 2.60 bits per heavy atom. The Bertz CT molecular complexity index is 716. The van der Waals surface area contributed by atoms with Crippen molar-refractivity contribution in [3.8, 4) is 5.82 Å². The number of nitrogens with one attached hydrogen (secondary N) is 1. The number of hydrogen-bond acceptors (Lipinski definition) is 4. The molecule has 0 aliphatic heterocycles. The van der Waals surface area contributed by atoms with E-state index >= 15 is 0 Å². The Labute approximate surface area is 149 Å². The summed E-state index contributed by atoms with van der Waals surface area (Å²) < 4.78 is 7.07. The Morgan fingerprint density at radius 1 is 1.32 bits per heavy atom. The number of carbonyl (C=O) groups is 1. The van der Waals surface area contributed by atoms with E-state index < -0.39 is 0 Å². The minimum absolute atomic E-state index is 0.0914. The Hall–Kier alpha value is -2.08. The summed E-state index contributed by atoms with van der Waals surface area (Å²) in [4.78, 5) is 12.6. The highest BCUT2D eigenvalue weighted by Gasteiger charge is 2.19. The lowest BCUT2D eigenvalue weighted by atomic mass is 9.94. The van der Waals surface area contributed by atoms with Crippen molar-refractivity contribution in [2.75, 3.05) is 13.2 Å². The molecule has 1 amide bonds. The third-order valence-electron chi connectivity index (χ3n) is 4.41. The smallest absolute Gasteiger partial charge is 0.253 e. The van der Waals surface area contributed by atoms with Crippen molar-refractivity contribution >= 4 is 5.91 Å². The molecule has 0 bridgehead atoms. The minimum Gasteiger partial charge on any atom is -0.396 e. The molecule has 0 fully saturated rings. The molecule has 0 aliphatic carbocycles. The second-order valence-electron chi connectivity index (χ2n) is 7.13. The molecule has 6 heteroatoms. The molecule has 138 valence electrons. The fraction of sp³-hybridized carbons (Fsp3) is 0.579. The van der Waals surface area contributed by atoms with Crippen LogP contribution in [0.2, 0.25) is 0 Å². The van der Waals surface area contributed by atoms with Crippen molar-refractivity contribution in [1.82, 2.24) is 15.0 Å². The second kappa shape index (κ2) is 8.34. The van der Waals surface area contributed by atoms with E-state index in [4.69, 9.17) is 4.52 Å². The standard InChI is InChI=1S/C19H29N3O3/c1-12(2)8-16(6-7-23)11-20-19(24)17-9-13(3)22(15(17)5)18-10-14(4)25-21-18/h9-10,12,16,23H,6-8,11H2,1-5H3,(H,20,24). The first-order chi connectivity index (χ1) is 11.8. The fourth-order valence-electron chi connectivity index (χ4n) is 3.29. The molecule has 0 saturated heterocycles. The molecular weight excluding hydrogens is 318 g/mol. The van der Waals surface area contributed by atoms with Crippen molar-refractivity contribution in [2.24, 2.45) is 11.8 Å². The lowest BCUT2D eigenvalue weighted by Crippen LogP contribution is -2.30. The van der Waals surface area contributed by atoms with E-state index in [1.165, 1.54) is 0 Å². The molecule has 2 rings (SSSR count). The van der Waals surface area contributed by atoms with Crippen LogP contribution in [-0.2, 0) is 0 Å². The number of aliphatic hydroxyl groups is 1. The molecule has 0 radical (unpaired) electrons. The van der Waals surface area contributed by atoms with Crippen LogP contribution in [0.5, 0.6) is 0 Å². The fourth-order valence-corrected chi connectivity index (χ4v) is 3.29. The summed E-state index contributed by atoms with van der Waals surface area (Å²) in [5, 5.41) is 16.3. The Kier molecular flexibility index (Phi) is 6.42. The van der Waals surface area contributed by atoms with Gasteiger partial charge in [-0.1, -0.05) is 19.0 Å². The molecule has 1 atom stereocenters. The van der Waals surface area contributed by atoms with Crippen LogP contribution in [0, 0.1) is 32.6 Å². The first-order valence-corrected chi connectivity index (χ1v) is 8.85. The van der Waals surface area contributed by atoms with Gasteiger partial charge in [0.15, 0.2) is 5.82 Å². The summed E-state index contributed by atoms with van der Waals surface area (Å²) in [7, 11) is 0. The van der Waals surface area contributed by atoms with Crippen LogP contribution < -0.4 is 5.32 Å². The number of aliphatic hydroxyl groups excluding tert-OH is 1. The van der Waals surface area contributed by atoms with Crippen LogP contribution in [0.1, 0.15) is 54.2 Å². The minimum atomic E-state index is -0.0914. The normalized spacial score (nSPS) is 12.6. The molecule has 2 heterocycles. The molecule has 6 nitrogen and oxygen atoms in total. The number of hydrogen-bond donors (Lipinski definition) is 2. The topological polar surface area (TPSA) is 80.3 Å². The molecular formula is C19H29N3O3. The van der Waals surface area contributed by atoms with E-state index in [1.807, 2.05) is 37.5 Å². The highest BCUT2D eigenvalue weighted by molar-refractivity contribution is 5.95. The first kappa shape index (κ1) is 19.2. The number of aryl methyl sites for hydroxylation is 2. The maximum atomic E-state index is 12.6. The average Bonchev–Trinajstić information content (AvgIpc) is 3.07. The highest BCUT2D eigenvalue weighted by atomic mass is 16.5. The van der Waals surface area contributed by atoms with Gasteiger partial charge in [-0.25, -0.2) is 0 Å². The maximum absolute atomic E-state index is 12.6. The van der Waals surface area contributed by atoms with E-state index in [-0.39, 0.29) is 18.4 Å². The van der Waals surface area contributed by atoms with Gasteiger partial charge in [0.05, 0.1) is 5.56 Å². The van der Waals surface area contributed by atoms with Crippen LogP contribution in [0.4, 0.5) is 0 Å². The van der Waals surface area contributed by atoms with Crippen molar-refractivity contribution in [3.05, 3.63) is 34.8 Å². The number of rotatable bonds is 8. The second-order valence-corrected chi connectivity index (χ2v) is 7.13. The van der Waals surface area contributed by atoms with Gasteiger partial charge >= 0.3 is 0 Å². The van der Waals surface area contributed by atoms with Gasteiger partial charge in [-0.05, 0) is 51.5 Å². The molecule has 25 heavy (non-hydrogen) atoms. The number of carbonyl (C=O) groups excluding carboxylic acids is 1. The zero-order chi connectivity index (χ0) is 18.6. The summed E-state index contributed by atoms with van der Waals surface area (Å²) in [5.74, 6) is 2.15. The Morgan fingerprint density at radius 2 is 2.04 bits per heavy atom. The van der Waals surface area contributed by atoms with Crippen LogP contribution in [0.3, 0.4) is 0 Å². The monoisotopic (exact) mass is 347 g/mol. The third-order valence-corrected chi connectivity index (χ3v) is 4.41. The molecule has 0 saturated carbocycles. The van der Waals surface area contributed by atoms with Gasteiger partial charge < -0.3 is 14.9 Å². The molecule has 2 aromatic rings. The summed E-state index contributed by atoms with van der Waals surface area (Å²) in [6, 6.07) is 3.72. The molecule has 1 unspecified atom stereocenters. The predicted molar refractivity (Wildman–Crippen MR) is 97.0 cm³/mol. The lowest BCUT2D eigenvalue weighted by Gasteiger charge is -2.18. The zero-order valence-corrected chi connectivity index (χ0v) is 15.8. The third kappa shape index (κ3) is 4.72. The van der Waals surface area contributed by atoms with E-state index in [9.17, 15) is 9.90 Å². The molecule has 2 N–H and O–H groups in total. The lowest BCUT2D eigenvalue weighted by molar-refractivity contribution is 0.0940. The van der Waals surface area contributed by atoms with E-state index in [0.29, 0.717) is 30.3 Å². The van der Waals surface area contributed by atoms with Crippen LogP contribution in [0.15, 0.2) is 16.7 Å². The average molecular weight is 347 g/mol. The van der Waals surface area contributed by atoms with Crippen LogP contribution >= 0.6 is 0 Å². The molecule has 0 aliphatic rings. The van der Waals surface area contributed by atoms with E-state index in [0.717, 1.165) is 23.6 Å². The maximum Gasteiger partial charge on any atom is 0.253 e. The van der Waals surface area contributed by atoms with Crippen molar-refractivity contribution < 1.29 is 14.4 Å².